The molecule has 0 saturated carbocycles. The van der Waals surface area contributed by atoms with Crippen molar-refractivity contribution < 1.29 is 19.4 Å². The van der Waals surface area contributed by atoms with Gasteiger partial charge >= 0.3 is 12.0 Å². The molecule has 8 nitrogen and oxygen atoms in total. The number of anilines is 1. The van der Waals surface area contributed by atoms with Gasteiger partial charge < -0.3 is 19.9 Å². The van der Waals surface area contributed by atoms with Crippen molar-refractivity contribution in [2.45, 2.75) is 12.5 Å². The van der Waals surface area contributed by atoms with E-state index in [4.69, 9.17) is 26.2 Å². The van der Waals surface area contributed by atoms with Gasteiger partial charge in [-0.15, -0.1) is 0 Å². The van der Waals surface area contributed by atoms with Crippen LogP contribution in [0.2, 0.25) is 5.28 Å². The second-order valence-corrected chi connectivity index (χ2v) is 3.57. The fraction of sp³-hybridized carbons (Fsp3) is 0.556. The first kappa shape index (κ1) is 14.4. The van der Waals surface area contributed by atoms with Crippen molar-refractivity contribution in [2.75, 3.05) is 26.1 Å². The first-order chi connectivity index (χ1) is 8.56. The molecule has 18 heavy (non-hydrogen) atoms. The van der Waals surface area contributed by atoms with Crippen molar-refractivity contribution in [2.24, 2.45) is 0 Å². The molecule has 1 atom stereocenters. The maximum atomic E-state index is 11.0. The highest BCUT2D eigenvalue weighted by molar-refractivity contribution is 6.28. The van der Waals surface area contributed by atoms with Crippen molar-refractivity contribution >= 4 is 23.5 Å². The highest BCUT2D eigenvalue weighted by atomic mass is 35.5. The average molecular weight is 277 g/mol. The number of carboxylic acids is 1. The Morgan fingerprint density at radius 3 is 2.72 bits per heavy atom. The predicted octanol–water partition coefficient (Wildman–Crippen LogP) is 0.435. The molecule has 9 heteroatoms. The Balaban J connectivity index is 2.79. The fourth-order valence-corrected chi connectivity index (χ4v) is 1.29. The number of rotatable bonds is 7. The number of carbonyl (C=O) groups is 1. The van der Waals surface area contributed by atoms with Gasteiger partial charge in [0.15, 0.2) is 0 Å². The Bertz CT molecular complexity index is 418. The van der Waals surface area contributed by atoms with Crippen LogP contribution in [0.5, 0.6) is 6.01 Å². The van der Waals surface area contributed by atoms with Gasteiger partial charge in [-0.05, 0) is 11.6 Å². The van der Waals surface area contributed by atoms with Crippen molar-refractivity contribution in [1.29, 1.82) is 0 Å². The van der Waals surface area contributed by atoms with E-state index in [0.29, 0.717) is 6.61 Å². The summed E-state index contributed by atoms with van der Waals surface area (Å²) in [6.45, 7) is 0.292. The standard InChI is InChI=1S/C9H13ClN4O4/c1-17-4-3-5(6(15)16)11-8-12-7(10)13-9(14-8)18-2/h5H,3-4H2,1-2H3,(H,15,16)(H,11,12,13,14). The van der Waals surface area contributed by atoms with Crippen LogP contribution < -0.4 is 10.1 Å². The molecule has 1 unspecified atom stereocenters. The van der Waals surface area contributed by atoms with E-state index in [9.17, 15) is 4.79 Å². The summed E-state index contributed by atoms with van der Waals surface area (Å²) in [5.41, 5.74) is 0. The number of nitrogens with one attached hydrogen (secondary N) is 1. The van der Waals surface area contributed by atoms with Crippen LogP contribution in [0.3, 0.4) is 0 Å². The average Bonchev–Trinajstić information content (AvgIpc) is 2.33. The van der Waals surface area contributed by atoms with Gasteiger partial charge in [-0.1, -0.05) is 0 Å². The number of carboxylic acid groups (broad SMARTS) is 1. The zero-order chi connectivity index (χ0) is 13.5. The van der Waals surface area contributed by atoms with Crippen LogP contribution >= 0.6 is 11.6 Å². The number of ether oxygens (including phenoxy) is 2. The van der Waals surface area contributed by atoms with E-state index in [0.717, 1.165) is 0 Å². The van der Waals surface area contributed by atoms with Crippen LogP contribution in [0.1, 0.15) is 6.42 Å². The highest BCUT2D eigenvalue weighted by Crippen LogP contribution is 2.12. The maximum absolute atomic E-state index is 11.0. The van der Waals surface area contributed by atoms with Crippen LogP contribution in [0.25, 0.3) is 0 Å². The number of methoxy groups -OCH3 is 2. The van der Waals surface area contributed by atoms with E-state index in [1.807, 2.05) is 0 Å². The number of aromatic nitrogens is 3. The molecular weight excluding hydrogens is 264 g/mol. The molecule has 0 aliphatic heterocycles. The quantitative estimate of drug-likeness (QED) is 0.738. The van der Waals surface area contributed by atoms with E-state index in [2.05, 4.69) is 20.3 Å². The number of nitrogens with zero attached hydrogens (tertiary/aromatic N) is 3. The molecule has 1 heterocycles. The summed E-state index contributed by atoms with van der Waals surface area (Å²) in [5.74, 6) is -1.00. The molecule has 0 saturated heterocycles. The second-order valence-electron chi connectivity index (χ2n) is 3.23. The molecule has 0 aromatic carbocycles. The Hall–Kier alpha value is -1.67. The van der Waals surface area contributed by atoms with Gasteiger partial charge in [0.1, 0.15) is 6.04 Å². The second kappa shape index (κ2) is 6.92. The molecule has 0 amide bonds. The third-order valence-electron chi connectivity index (χ3n) is 1.98. The third kappa shape index (κ3) is 4.30. The van der Waals surface area contributed by atoms with Crippen LogP contribution in [-0.2, 0) is 9.53 Å². The molecule has 0 aliphatic carbocycles. The molecular formula is C9H13ClN4O4. The minimum atomic E-state index is -1.04. The molecule has 0 radical (unpaired) electrons. The minimum absolute atomic E-state index is 0.00776. The number of hydrogen-bond donors (Lipinski definition) is 2. The summed E-state index contributed by atoms with van der Waals surface area (Å²) in [6, 6.07) is -0.874. The molecule has 100 valence electrons. The van der Waals surface area contributed by atoms with Crippen molar-refractivity contribution in [3.05, 3.63) is 5.28 Å². The Kier molecular flexibility index (Phi) is 5.53. The van der Waals surface area contributed by atoms with Gasteiger partial charge in [0, 0.05) is 20.1 Å². The Morgan fingerprint density at radius 2 is 2.17 bits per heavy atom. The van der Waals surface area contributed by atoms with E-state index in [1.165, 1.54) is 14.2 Å². The number of hydrogen-bond acceptors (Lipinski definition) is 7. The molecule has 1 rings (SSSR count). The van der Waals surface area contributed by atoms with Crippen molar-refractivity contribution in [3.63, 3.8) is 0 Å². The summed E-state index contributed by atoms with van der Waals surface area (Å²) in [4.78, 5) is 22.3. The lowest BCUT2D eigenvalue weighted by Gasteiger charge is -2.13. The summed E-state index contributed by atoms with van der Waals surface area (Å²) >= 11 is 5.64. The maximum Gasteiger partial charge on any atom is 0.326 e. The van der Waals surface area contributed by atoms with Crippen LogP contribution in [0.4, 0.5) is 5.95 Å². The van der Waals surface area contributed by atoms with Crippen LogP contribution in [0.15, 0.2) is 0 Å². The lowest BCUT2D eigenvalue weighted by molar-refractivity contribution is -0.138. The van der Waals surface area contributed by atoms with Crippen LogP contribution in [0, 0.1) is 0 Å². The van der Waals surface area contributed by atoms with Gasteiger partial charge in [-0.25, -0.2) is 4.79 Å². The molecule has 1 aromatic rings. The summed E-state index contributed by atoms with van der Waals surface area (Å²) in [7, 11) is 2.86. The molecule has 2 N–H and O–H groups in total. The lowest BCUT2D eigenvalue weighted by atomic mass is 10.2. The molecule has 1 aromatic heterocycles. The molecule has 0 spiro atoms. The van der Waals surface area contributed by atoms with E-state index < -0.39 is 12.0 Å². The normalized spacial score (nSPS) is 11.9. The van der Waals surface area contributed by atoms with Crippen molar-refractivity contribution in [3.8, 4) is 6.01 Å². The number of aliphatic carboxylic acids is 1. The number of halogens is 1. The first-order valence-electron chi connectivity index (χ1n) is 5.00. The molecule has 0 fully saturated rings. The van der Waals surface area contributed by atoms with Gasteiger partial charge in [-0.2, -0.15) is 15.0 Å². The SMILES string of the molecule is COCCC(Nc1nc(Cl)nc(OC)n1)C(=O)O. The Labute approximate surface area is 108 Å². The fourth-order valence-electron chi connectivity index (χ4n) is 1.14. The molecule has 0 aliphatic rings. The minimum Gasteiger partial charge on any atom is -0.480 e. The Morgan fingerprint density at radius 1 is 1.44 bits per heavy atom. The zero-order valence-electron chi connectivity index (χ0n) is 9.88. The van der Waals surface area contributed by atoms with Gasteiger partial charge in [0.05, 0.1) is 7.11 Å². The predicted molar refractivity (Wildman–Crippen MR) is 62.9 cm³/mol. The highest BCUT2D eigenvalue weighted by Gasteiger charge is 2.19. The van der Waals surface area contributed by atoms with Gasteiger partial charge in [0.2, 0.25) is 11.2 Å². The first-order valence-corrected chi connectivity index (χ1v) is 5.38. The van der Waals surface area contributed by atoms with Gasteiger partial charge in [-0.3, -0.25) is 0 Å². The third-order valence-corrected chi connectivity index (χ3v) is 2.15. The smallest absolute Gasteiger partial charge is 0.326 e. The van der Waals surface area contributed by atoms with E-state index in [-0.39, 0.29) is 23.7 Å². The largest absolute Gasteiger partial charge is 0.480 e. The monoisotopic (exact) mass is 276 g/mol. The topological polar surface area (TPSA) is 106 Å². The van der Waals surface area contributed by atoms with E-state index in [1.54, 1.807) is 0 Å². The van der Waals surface area contributed by atoms with Crippen LogP contribution in [-0.4, -0.2) is 52.9 Å². The molecule has 0 bridgehead atoms. The van der Waals surface area contributed by atoms with Crippen molar-refractivity contribution in [1.82, 2.24) is 15.0 Å². The summed E-state index contributed by atoms with van der Waals surface area (Å²) in [6.07, 6.45) is 0.261. The van der Waals surface area contributed by atoms with Gasteiger partial charge in [0.25, 0.3) is 0 Å². The zero-order valence-corrected chi connectivity index (χ0v) is 10.6. The summed E-state index contributed by atoms with van der Waals surface area (Å²) in [5, 5.41) is 11.5. The summed E-state index contributed by atoms with van der Waals surface area (Å²) < 4.78 is 9.62. The van der Waals surface area contributed by atoms with E-state index >= 15 is 0 Å². The lowest BCUT2D eigenvalue weighted by Crippen LogP contribution is -2.31.